The van der Waals surface area contributed by atoms with E-state index in [1.54, 1.807) is 6.07 Å². The minimum atomic E-state index is -0.0756. The number of aromatic nitrogens is 2. The molecule has 3 rings (SSSR count). The predicted molar refractivity (Wildman–Crippen MR) is 89.8 cm³/mol. The van der Waals surface area contributed by atoms with Crippen molar-refractivity contribution in [3.63, 3.8) is 0 Å². The van der Waals surface area contributed by atoms with Gasteiger partial charge in [-0.2, -0.15) is 0 Å². The first-order chi connectivity index (χ1) is 10.2. The van der Waals surface area contributed by atoms with E-state index >= 15 is 0 Å². The largest absolute Gasteiger partial charge is 0.352 e. The number of rotatable bonds is 4. The molecular weight excluding hydrogens is 324 g/mol. The fraction of sp³-hybridized carbons (Fsp3) is 0.500. The number of halogens is 1. The number of thiophene rings is 1. The Morgan fingerprint density at radius 2 is 2.41 bits per heavy atom. The molecule has 8 heteroatoms. The van der Waals surface area contributed by atoms with Crippen molar-refractivity contribution in [2.24, 2.45) is 0 Å². The molecule has 1 amide bonds. The summed E-state index contributed by atoms with van der Waals surface area (Å²) in [6.07, 6.45) is 3.93. The first-order valence-electron chi connectivity index (χ1n) is 7.17. The molecule has 6 nitrogen and oxygen atoms in total. The van der Waals surface area contributed by atoms with Gasteiger partial charge >= 0.3 is 0 Å². The molecule has 1 aliphatic rings. The van der Waals surface area contributed by atoms with Gasteiger partial charge in [-0.05, 0) is 30.8 Å². The Balaban J connectivity index is 0.00000176. The highest BCUT2D eigenvalue weighted by molar-refractivity contribution is 7.16. The third kappa shape index (κ3) is 3.85. The van der Waals surface area contributed by atoms with Crippen LogP contribution in [-0.2, 0) is 11.3 Å². The Labute approximate surface area is 138 Å². The zero-order chi connectivity index (χ0) is 14.7. The van der Waals surface area contributed by atoms with E-state index in [-0.39, 0.29) is 29.9 Å². The number of hydrogen-bond donors (Lipinski definition) is 2. The van der Waals surface area contributed by atoms with E-state index in [9.17, 15) is 9.59 Å². The standard InChI is InChI=1S/C14H18N4O2S.ClH/c19-12(17-10-2-1-5-15-8-10)3-6-18-9-16-13-11(14(18)20)4-7-21-13;/h4,7,9-10,15H,1-3,5-6,8H2,(H,17,19);1H/t10-;/m0./s1. The van der Waals surface area contributed by atoms with Gasteiger partial charge in [0, 0.05) is 25.6 Å². The minimum absolute atomic E-state index is 0. The second kappa shape index (κ2) is 7.71. The maximum atomic E-state index is 12.2. The fourth-order valence-corrected chi connectivity index (χ4v) is 3.27. The average Bonchev–Trinajstić information content (AvgIpc) is 2.97. The molecule has 0 saturated carbocycles. The van der Waals surface area contributed by atoms with Crippen molar-refractivity contribution in [2.75, 3.05) is 13.1 Å². The molecule has 120 valence electrons. The van der Waals surface area contributed by atoms with E-state index < -0.39 is 0 Å². The summed E-state index contributed by atoms with van der Waals surface area (Å²) in [5, 5.41) is 8.74. The summed E-state index contributed by atoms with van der Waals surface area (Å²) >= 11 is 1.45. The Morgan fingerprint density at radius 1 is 1.55 bits per heavy atom. The highest BCUT2D eigenvalue weighted by Gasteiger charge is 2.15. The lowest BCUT2D eigenvalue weighted by Crippen LogP contribution is -2.45. The Bertz CT molecular complexity index is 693. The molecule has 3 heterocycles. The first kappa shape index (κ1) is 16.9. The van der Waals surface area contributed by atoms with Crippen molar-refractivity contribution in [1.82, 2.24) is 20.2 Å². The predicted octanol–water partition coefficient (Wildman–Crippen LogP) is 1.14. The number of carbonyl (C=O) groups excluding carboxylic acids is 1. The van der Waals surface area contributed by atoms with E-state index in [1.165, 1.54) is 22.2 Å². The first-order valence-corrected chi connectivity index (χ1v) is 8.05. The molecule has 0 aromatic carbocycles. The van der Waals surface area contributed by atoms with Crippen LogP contribution in [-0.4, -0.2) is 34.6 Å². The molecule has 1 saturated heterocycles. The number of amides is 1. The van der Waals surface area contributed by atoms with Crippen LogP contribution < -0.4 is 16.2 Å². The van der Waals surface area contributed by atoms with Crippen LogP contribution in [0.1, 0.15) is 19.3 Å². The molecule has 0 unspecified atom stereocenters. The average molecular weight is 343 g/mol. The molecular formula is C14H19ClN4O2S. The molecule has 1 aliphatic heterocycles. The minimum Gasteiger partial charge on any atom is -0.352 e. The summed E-state index contributed by atoms with van der Waals surface area (Å²) < 4.78 is 1.51. The summed E-state index contributed by atoms with van der Waals surface area (Å²) in [4.78, 5) is 29.1. The molecule has 0 aliphatic carbocycles. The van der Waals surface area contributed by atoms with E-state index in [1.807, 2.05) is 5.38 Å². The van der Waals surface area contributed by atoms with Crippen LogP contribution in [0.15, 0.2) is 22.6 Å². The SMILES string of the molecule is Cl.O=C(CCn1cnc2sccc2c1=O)N[C@H]1CCCNC1. The topological polar surface area (TPSA) is 76.0 Å². The lowest BCUT2D eigenvalue weighted by Gasteiger charge is -2.23. The van der Waals surface area contributed by atoms with Gasteiger partial charge in [0.25, 0.3) is 5.56 Å². The highest BCUT2D eigenvalue weighted by atomic mass is 35.5. The van der Waals surface area contributed by atoms with Gasteiger partial charge in [-0.3, -0.25) is 14.2 Å². The van der Waals surface area contributed by atoms with E-state index in [0.29, 0.717) is 18.4 Å². The molecule has 2 aromatic rings. The van der Waals surface area contributed by atoms with Crippen molar-refractivity contribution >= 4 is 39.9 Å². The number of piperidine rings is 1. The van der Waals surface area contributed by atoms with Gasteiger partial charge in [0.2, 0.25) is 5.91 Å². The summed E-state index contributed by atoms with van der Waals surface area (Å²) in [5.41, 5.74) is -0.0756. The zero-order valence-corrected chi connectivity index (χ0v) is 13.7. The molecule has 22 heavy (non-hydrogen) atoms. The number of aryl methyl sites for hydroxylation is 1. The van der Waals surface area contributed by atoms with Crippen molar-refractivity contribution in [1.29, 1.82) is 0 Å². The number of fused-ring (bicyclic) bond motifs is 1. The van der Waals surface area contributed by atoms with Gasteiger partial charge in [0.15, 0.2) is 0 Å². The lowest BCUT2D eigenvalue weighted by molar-refractivity contribution is -0.122. The number of nitrogens with zero attached hydrogens (tertiary/aromatic N) is 2. The number of hydrogen-bond acceptors (Lipinski definition) is 5. The van der Waals surface area contributed by atoms with E-state index in [2.05, 4.69) is 15.6 Å². The summed E-state index contributed by atoms with van der Waals surface area (Å²) in [6, 6.07) is 1.99. The van der Waals surface area contributed by atoms with Crippen molar-refractivity contribution in [3.05, 3.63) is 28.1 Å². The number of nitrogens with one attached hydrogen (secondary N) is 2. The van der Waals surface area contributed by atoms with E-state index in [0.717, 1.165) is 30.8 Å². The Kier molecular flexibility index (Phi) is 5.93. The second-order valence-corrected chi connectivity index (χ2v) is 6.14. The van der Waals surface area contributed by atoms with Crippen LogP contribution in [0.3, 0.4) is 0 Å². The molecule has 0 spiro atoms. The van der Waals surface area contributed by atoms with Gasteiger partial charge in [0.1, 0.15) is 4.83 Å². The van der Waals surface area contributed by atoms with Crippen LogP contribution in [0, 0.1) is 0 Å². The number of carbonyl (C=O) groups is 1. The lowest BCUT2D eigenvalue weighted by atomic mass is 10.1. The third-order valence-corrected chi connectivity index (χ3v) is 4.51. The fourth-order valence-electron chi connectivity index (χ4n) is 2.55. The van der Waals surface area contributed by atoms with Crippen molar-refractivity contribution in [2.45, 2.75) is 31.8 Å². The quantitative estimate of drug-likeness (QED) is 0.873. The van der Waals surface area contributed by atoms with Gasteiger partial charge in [0.05, 0.1) is 11.7 Å². The van der Waals surface area contributed by atoms with Crippen LogP contribution in [0.25, 0.3) is 10.2 Å². The van der Waals surface area contributed by atoms with Gasteiger partial charge in [-0.1, -0.05) is 0 Å². The highest BCUT2D eigenvalue weighted by Crippen LogP contribution is 2.13. The molecule has 1 atom stereocenters. The van der Waals surface area contributed by atoms with Crippen LogP contribution >= 0.6 is 23.7 Å². The molecule has 1 fully saturated rings. The van der Waals surface area contributed by atoms with E-state index in [4.69, 9.17) is 0 Å². The van der Waals surface area contributed by atoms with Gasteiger partial charge in [-0.25, -0.2) is 4.98 Å². The maximum absolute atomic E-state index is 12.2. The zero-order valence-electron chi connectivity index (χ0n) is 12.1. The monoisotopic (exact) mass is 342 g/mol. The van der Waals surface area contributed by atoms with Crippen molar-refractivity contribution in [3.8, 4) is 0 Å². The molecule has 0 bridgehead atoms. The second-order valence-electron chi connectivity index (χ2n) is 5.24. The maximum Gasteiger partial charge on any atom is 0.262 e. The molecule has 2 aromatic heterocycles. The van der Waals surface area contributed by atoms with Gasteiger partial charge < -0.3 is 10.6 Å². The van der Waals surface area contributed by atoms with Gasteiger partial charge in [-0.15, -0.1) is 23.7 Å². The Morgan fingerprint density at radius 3 is 3.18 bits per heavy atom. The molecule has 2 N–H and O–H groups in total. The summed E-state index contributed by atoms with van der Waals surface area (Å²) in [5.74, 6) is -0.0129. The third-order valence-electron chi connectivity index (χ3n) is 3.69. The summed E-state index contributed by atoms with van der Waals surface area (Å²) in [7, 11) is 0. The molecule has 0 radical (unpaired) electrons. The smallest absolute Gasteiger partial charge is 0.262 e. The van der Waals surface area contributed by atoms with Crippen molar-refractivity contribution < 1.29 is 4.79 Å². The van der Waals surface area contributed by atoms with Crippen LogP contribution in [0.4, 0.5) is 0 Å². The van der Waals surface area contributed by atoms with Crippen LogP contribution in [0.5, 0.6) is 0 Å². The Hall–Kier alpha value is -1.44. The van der Waals surface area contributed by atoms with Crippen LogP contribution in [0.2, 0.25) is 0 Å². The normalized spacial score (nSPS) is 17.9. The summed E-state index contributed by atoms with van der Waals surface area (Å²) in [6.45, 7) is 2.21.